The van der Waals surface area contributed by atoms with Crippen molar-refractivity contribution in [1.82, 2.24) is 0 Å². The summed E-state index contributed by atoms with van der Waals surface area (Å²) in [5.41, 5.74) is 0.937. The summed E-state index contributed by atoms with van der Waals surface area (Å²) in [7, 11) is 1.56. The molecule has 5 heteroatoms. The van der Waals surface area contributed by atoms with E-state index in [1.165, 1.54) is 0 Å². The zero-order chi connectivity index (χ0) is 13.6. The second kappa shape index (κ2) is 4.80. The molecule has 1 fully saturated rings. The summed E-state index contributed by atoms with van der Waals surface area (Å²) in [5.74, 6) is -0.952. The van der Waals surface area contributed by atoms with Gasteiger partial charge in [0.2, 0.25) is 5.79 Å². The molecule has 0 aromatic carbocycles. The first kappa shape index (κ1) is 14.4. The molecule has 1 saturated carbocycles. The number of cyclic esters (lactones) is 1. The third-order valence-corrected chi connectivity index (χ3v) is 6.15. The van der Waals surface area contributed by atoms with Crippen molar-refractivity contribution in [3.8, 4) is 0 Å². The highest BCUT2D eigenvalue weighted by atomic mass is 79.9. The standard InChI is InChI=1S/C13H18BrClO3/c1-12(15)5-4-8(6-10(12)14)9-7-11(16)18-13(9,2)17-3/h7-8,10H,4-6H2,1-3H3/t8-,10-,12-,13+/m1/s1. The van der Waals surface area contributed by atoms with Gasteiger partial charge in [-0.05, 0) is 32.1 Å². The second-order valence-electron chi connectivity index (χ2n) is 5.39. The summed E-state index contributed by atoms with van der Waals surface area (Å²) in [4.78, 5) is 11.5. The molecule has 102 valence electrons. The number of rotatable bonds is 2. The number of hydrogen-bond donors (Lipinski definition) is 0. The van der Waals surface area contributed by atoms with E-state index in [2.05, 4.69) is 15.9 Å². The molecule has 18 heavy (non-hydrogen) atoms. The Hall–Kier alpha value is -0.0600. The van der Waals surface area contributed by atoms with Gasteiger partial charge in [0.25, 0.3) is 0 Å². The van der Waals surface area contributed by atoms with E-state index in [-0.39, 0.29) is 21.6 Å². The lowest BCUT2D eigenvalue weighted by molar-refractivity contribution is -0.187. The molecule has 1 heterocycles. The smallest absolute Gasteiger partial charge is 0.333 e. The highest BCUT2D eigenvalue weighted by Gasteiger charge is 2.46. The third kappa shape index (κ3) is 2.47. The molecule has 1 aliphatic heterocycles. The van der Waals surface area contributed by atoms with Crippen LogP contribution in [-0.4, -0.2) is 28.6 Å². The van der Waals surface area contributed by atoms with Crippen molar-refractivity contribution in [2.75, 3.05) is 7.11 Å². The maximum Gasteiger partial charge on any atom is 0.333 e. The van der Waals surface area contributed by atoms with Crippen LogP contribution in [0.1, 0.15) is 33.1 Å². The van der Waals surface area contributed by atoms with Gasteiger partial charge in [-0.3, -0.25) is 0 Å². The summed E-state index contributed by atoms with van der Waals surface area (Å²) < 4.78 is 10.6. The lowest BCUT2D eigenvalue weighted by atomic mass is 9.76. The van der Waals surface area contributed by atoms with Crippen LogP contribution in [0.25, 0.3) is 0 Å². The topological polar surface area (TPSA) is 35.5 Å². The van der Waals surface area contributed by atoms with Gasteiger partial charge in [-0.25, -0.2) is 4.79 Å². The Kier molecular flexibility index (Phi) is 3.83. The number of hydrogen-bond acceptors (Lipinski definition) is 3. The van der Waals surface area contributed by atoms with Crippen LogP contribution in [0.15, 0.2) is 11.6 Å². The molecule has 0 spiro atoms. The molecule has 0 aromatic rings. The molecule has 0 amide bonds. The van der Waals surface area contributed by atoms with Crippen LogP contribution in [0.5, 0.6) is 0 Å². The van der Waals surface area contributed by atoms with Crippen LogP contribution in [0.2, 0.25) is 0 Å². The van der Waals surface area contributed by atoms with Gasteiger partial charge in [-0.2, -0.15) is 0 Å². The predicted octanol–water partition coefficient (Wildman–Crippen LogP) is 3.39. The minimum absolute atomic E-state index is 0.218. The Labute approximate surface area is 121 Å². The molecule has 2 aliphatic rings. The number of esters is 1. The molecule has 3 nitrogen and oxygen atoms in total. The van der Waals surface area contributed by atoms with Crippen LogP contribution >= 0.6 is 27.5 Å². The van der Waals surface area contributed by atoms with E-state index < -0.39 is 5.79 Å². The highest BCUT2D eigenvalue weighted by Crippen LogP contribution is 2.47. The van der Waals surface area contributed by atoms with Crippen molar-refractivity contribution in [1.29, 1.82) is 0 Å². The fraction of sp³-hybridized carbons (Fsp3) is 0.769. The molecule has 2 rings (SSSR count). The predicted molar refractivity (Wildman–Crippen MR) is 73.9 cm³/mol. The normalized spacial score (nSPS) is 44.7. The summed E-state index contributed by atoms with van der Waals surface area (Å²) in [5, 5.41) is 0. The van der Waals surface area contributed by atoms with Gasteiger partial charge in [-0.15, -0.1) is 11.6 Å². The highest BCUT2D eigenvalue weighted by molar-refractivity contribution is 9.09. The van der Waals surface area contributed by atoms with Gasteiger partial charge in [0.05, 0.1) is 4.87 Å². The molecule has 0 unspecified atom stereocenters. The molecule has 0 aromatic heterocycles. The number of carbonyl (C=O) groups excluding carboxylic acids is 1. The SMILES string of the molecule is CO[C@@]1(C)OC(=O)C=C1[C@@H]1CC[C@@](C)(Cl)[C@H](Br)C1. The zero-order valence-corrected chi connectivity index (χ0v) is 13.2. The van der Waals surface area contributed by atoms with E-state index in [0.29, 0.717) is 0 Å². The molecule has 0 radical (unpaired) electrons. The van der Waals surface area contributed by atoms with Gasteiger partial charge in [0.1, 0.15) is 0 Å². The van der Waals surface area contributed by atoms with E-state index in [4.69, 9.17) is 21.1 Å². The van der Waals surface area contributed by atoms with E-state index >= 15 is 0 Å². The Morgan fingerprint density at radius 1 is 1.56 bits per heavy atom. The largest absolute Gasteiger partial charge is 0.426 e. The fourth-order valence-electron chi connectivity index (χ4n) is 2.70. The fourth-order valence-corrected chi connectivity index (χ4v) is 3.57. The van der Waals surface area contributed by atoms with E-state index in [9.17, 15) is 4.79 Å². The first-order chi connectivity index (χ1) is 8.28. The summed E-state index contributed by atoms with van der Waals surface area (Å²) in [6.07, 6.45) is 4.32. The number of alkyl halides is 2. The minimum atomic E-state index is -0.908. The molecule has 0 saturated heterocycles. The monoisotopic (exact) mass is 336 g/mol. The van der Waals surface area contributed by atoms with Crippen molar-refractivity contribution >= 4 is 33.5 Å². The summed E-state index contributed by atoms with van der Waals surface area (Å²) in [6.45, 7) is 3.84. The maximum absolute atomic E-state index is 11.5. The molecule has 0 bridgehead atoms. The van der Waals surface area contributed by atoms with Crippen LogP contribution in [0.4, 0.5) is 0 Å². The van der Waals surface area contributed by atoms with Gasteiger partial charge >= 0.3 is 5.97 Å². The average Bonchev–Trinajstić information content (AvgIpc) is 2.59. The van der Waals surface area contributed by atoms with Crippen molar-refractivity contribution in [3.05, 3.63) is 11.6 Å². The first-order valence-electron chi connectivity index (χ1n) is 6.11. The molecule has 0 N–H and O–H groups in total. The molecule has 1 aliphatic carbocycles. The quantitative estimate of drug-likeness (QED) is 0.572. The van der Waals surface area contributed by atoms with Crippen molar-refractivity contribution < 1.29 is 14.3 Å². The van der Waals surface area contributed by atoms with E-state index in [0.717, 1.165) is 24.8 Å². The van der Waals surface area contributed by atoms with Crippen LogP contribution in [0.3, 0.4) is 0 Å². The summed E-state index contributed by atoms with van der Waals surface area (Å²) >= 11 is 10.1. The third-order valence-electron chi connectivity index (χ3n) is 4.05. The Balaban J connectivity index is 2.18. The molecular formula is C13H18BrClO3. The Bertz CT molecular complexity index is 394. The molecule has 4 atom stereocenters. The van der Waals surface area contributed by atoms with Crippen molar-refractivity contribution in [2.45, 2.75) is 48.6 Å². The van der Waals surface area contributed by atoms with Crippen LogP contribution < -0.4 is 0 Å². The Morgan fingerprint density at radius 2 is 2.22 bits per heavy atom. The number of ether oxygens (including phenoxy) is 2. The van der Waals surface area contributed by atoms with Gasteiger partial charge < -0.3 is 9.47 Å². The van der Waals surface area contributed by atoms with Gasteiger partial charge in [0.15, 0.2) is 0 Å². The average molecular weight is 338 g/mol. The summed E-state index contributed by atoms with van der Waals surface area (Å²) in [6, 6.07) is 0. The van der Waals surface area contributed by atoms with Gasteiger partial charge in [-0.1, -0.05) is 15.9 Å². The van der Waals surface area contributed by atoms with Crippen molar-refractivity contribution in [3.63, 3.8) is 0 Å². The van der Waals surface area contributed by atoms with Crippen LogP contribution in [-0.2, 0) is 14.3 Å². The zero-order valence-electron chi connectivity index (χ0n) is 10.8. The number of methoxy groups -OCH3 is 1. The maximum atomic E-state index is 11.5. The van der Waals surface area contributed by atoms with E-state index in [1.54, 1.807) is 20.1 Å². The Morgan fingerprint density at radius 3 is 2.78 bits per heavy atom. The lowest BCUT2D eigenvalue weighted by Gasteiger charge is -2.40. The van der Waals surface area contributed by atoms with Gasteiger partial charge in [0, 0.05) is 30.5 Å². The number of carbonyl (C=O) groups is 1. The van der Waals surface area contributed by atoms with E-state index in [1.807, 2.05) is 6.92 Å². The first-order valence-corrected chi connectivity index (χ1v) is 7.41. The lowest BCUT2D eigenvalue weighted by Crippen LogP contribution is -2.40. The van der Waals surface area contributed by atoms with Crippen molar-refractivity contribution in [2.24, 2.45) is 5.92 Å². The minimum Gasteiger partial charge on any atom is -0.426 e. The van der Waals surface area contributed by atoms with Crippen LogP contribution in [0, 0.1) is 5.92 Å². The number of halogens is 2. The second-order valence-corrected chi connectivity index (χ2v) is 7.36. The molecular weight excluding hydrogens is 319 g/mol.